The molecule has 2 atom stereocenters. The molecule has 0 spiro atoms. The van der Waals surface area contributed by atoms with Crippen LogP contribution < -0.4 is 5.73 Å². The van der Waals surface area contributed by atoms with Gasteiger partial charge in [0, 0.05) is 6.04 Å². The van der Waals surface area contributed by atoms with Gasteiger partial charge in [-0.3, -0.25) is 0 Å². The second kappa shape index (κ2) is 5.15. The minimum Gasteiger partial charge on any atom is -0.327 e. The zero-order valence-corrected chi connectivity index (χ0v) is 9.77. The largest absolute Gasteiger partial charge is 0.327 e. The first kappa shape index (κ1) is 11.9. The first-order chi connectivity index (χ1) is 7.66. The van der Waals surface area contributed by atoms with E-state index in [0.717, 1.165) is 23.5 Å². The molecular formula is C12H15F2NS. The highest BCUT2D eigenvalue weighted by Gasteiger charge is 2.22. The van der Waals surface area contributed by atoms with Crippen LogP contribution in [0.2, 0.25) is 0 Å². The van der Waals surface area contributed by atoms with Gasteiger partial charge in [0.25, 0.3) is 0 Å². The predicted octanol–water partition coefficient (Wildman–Crippen LogP) is 2.59. The molecule has 0 bridgehead atoms. The molecule has 1 fully saturated rings. The Bertz CT molecular complexity index is 364. The first-order valence-electron chi connectivity index (χ1n) is 5.44. The van der Waals surface area contributed by atoms with E-state index in [-0.39, 0.29) is 6.04 Å². The third-order valence-corrected chi connectivity index (χ3v) is 4.21. The molecule has 2 unspecified atom stereocenters. The number of nitrogens with two attached hydrogens (primary N) is 1. The molecule has 88 valence electrons. The van der Waals surface area contributed by atoms with Crippen LogP contribution in [-0.2, 0) is 6.42 Å². The fourth-order valence-electron chi connectivity index (χ4n) is 2.00. The maximum atomic E-state index is 13.0. The van der Waals surface area contributed by atoms with Gasteiger partial charge in [-0.2, -0.15) is 11.8 Å². The van der Waals surface area contributed by atoms with E-state index in [1.807, 2.05) is 11.8 Å². The van der Waals surface area contributed by atoms with Gasteiger partial charge in [-0.1, -0.05) is 6.07 Å². The second-order valence-corrected chi connectivity index (χ2v) is 5.39. The Kier molecular flexibility index (Phi) is 3.82. The lowest BCUT2D eigenvalue weighted by Crippen LogP contribution is -2.32. The van der Waals surface area contributed by atoms with E-state index < -0.39 is 11.6 Å². The van der Waals surface area contributed by atoms with Crippen LogP contribution >= 0.6 is 11.8 Å². The summed E-state index contributed by atoms with van der Waals surface area (Å²) >= 11 is 1.91. The smallest absolute Gasteiger partial charge is 0.159 e. The SMILES string of the molecule is NC(Cc1ccc(F)c(F)c1)C1CCSC1. The third-order valence-electron chi connectivity index (χ3n) is 3.03. The van der Waals surface area contributed by atoms with Gasteiger partial charge >= 0.3 is 0 Å². The zero-order valence-electron chi connectivity index (χ0n) is 8.96. The molecule has 0 saturated carbocycles. The molecular weight excluding hydrogens is 228 g/mol. The van der Waals surface area contributed by atoms with Crippen LogP contribution in [0.5, 0.6) is 0 Å². The fourth-order valence-corrected chi connectivity index (χ4v) is 3.35. The van der Waals surface area contributed by atoms with E-state index in [0.29, 0.717) is 12.3 Å². The number of rotatable bonds is 3. The number of halogens is 2. The second-order valence-electron chi connectivity index (χ2n) is 4.24. The van der Waals surface area contributed by atoms with Gasteiger partial charge in [0.05, 0.1) is 0 Å². The van der Waals surface area contributed by atoms with Crippen molar-refractivity contribution in [1.29, 1.82) is 0 Å². The highest BCUT2D eigenvalue weighted by atomic mass is 32.2. The summed E-state index contributed by atoms with van der Waals surface area (Å²) < 4.78 is 25.7. The van der Waals surface area contributed by atoms with Crippen molar-refractivity contribution in [2.24, 2.45) is 11.7 Å². The Hall–Kier alpha value is -0.610. The Morgan fingerprint density at radius 3 is 2.81 bits per heavy atom. The minimum absolute atomic E-state index is 0.0554. The lowest BCUT2D eigenvalue weighted by molar-refractivity contribution is 0.459. The summed E-state index contributed by atoms with van der Waals surface area (Å²) in [6, 6.07) is 4.08. The topological polar surface area (TPSA) is 26.0 Å². The summed E-state index contributed by atoms with van der Waals surface area (Å²) in [4.78, 5) is 0. The van der Waals surface area contributed by atoms with Gasteiger partial charge < -0.3 is 5.73 Å². The molecule has 1 aliphatic heterocycles. The molecule has 1 aromatic carbocycles. The molecule has 1 aliphatic rings. The van der Waals surface area contributed by atoms with Gasteiger partial charge in [-0.15, -0.1) is 0 Å². The lowest BCUT2D eigenvalue weighted by Gasteiger charge is -2.18. The van der Waals surface area contributed by atoms with Crippen molar-refractivity contribution in [3.8, 4) is 0 Å². The minimum atomic E-state index is -0.797. The molecule has 0 radical (unpaired) electrons. The van der Waals surface area contributed by atoms with Crippen LogP contribution in [-0.4, -0.2) is 17.5 Å². The van der Waals surface area contributed by atoms with E-state index in [4.69, 9.17) is 5.73 Å². The van der Waals surface area contributed by atoms with Crippen LogP contribution in [0.1, 0.15) is 12.0 Å². The maximum Gasteiger partial charge on any atom is 0.159 e. The Labute approximate surface area is 98.4 Å². The number of thioether (sulfide) groups is 1. The summed E-state index contributed by atoms with van der Waals surface area (Å²) in [5.41, 5.74) is 6.85. The fraction of sp³-hybridized carbons (Fsp3) is 0.500. The van der Waals surface area contributed by atoms with Crippen LogP contribution in [0, 0.1) is 17.6 Å². The van der Waals surface area contributed by atoms with Crippen molar-refractivity contribution in [3.63, 3.8) is 0 Å². The van der Waals surface area contributed by atoms with Crippen molar-refractivity contribution in [2.45, 2.75) is 18.9 Å². The molecule has 16 heavy (non-hydrogen) atoms. The summed E-state index contributed by atoms with van der Waals surface area (Å²) in [6.07, 6.45) is 1.76. The van der Waals surface area contributed by atoms with Gasteiger partial charge in [0.1, 0.15) is 0 Å². The summed E-state index contributed by atoms with van der Waals surface area (Å²) in [7, 11) is 0. The quantitative estimate of drug-likeness (QED) is 0.883. The monoisotopic (exact) mass is 243 g/mol. The molecule has 1 heterocycles. The van der Waals surface area contributed by atoms with Gasteiger partial charge in [-0.25, -0.2) is 8.78 Å². The molecule has 0 amide bonds. The van der Waals surface area contributed by atoms with Crippen molar-refractivity contribution < 1.29 is 8.78 Å². The number of benzene rings is 1. The predicted molar refractivity (Wildman–Crippen MR) is 63.5 cm³/mol. The highest BCUT2D eigenvalue weighted by Crippen LogP contribution is 2.26. The first-order valence-corrected chi connectivity index (χ1v) is 6.59. The van der Waals surface area contributed by atoms with Crippen molar-refractivity contribution >= 4 is 11.8 Å². The van der Waals surface area contributed by atoms with E-state index in [1.54, 1.807) is 6.07 Å². The van der Waals surface area contributed by atoms with Gasteiger partial charge in [-0.05, 0) is 48.0 Å². The summed E-state index contributed by atoms with van der Waals surface area (Å²) in [6.45, 7) is 0. The number of hydrogen-bond donors (Lipinski definition) is 1. The molecule has 1 aromatic rings. The van der Waals surface area contributed by atoms with Gasteiger partial charge in [0.15, 0.2) is 11.6 Å². The molecule has 1 saturated heterocycles. The van der Waals surface area contributed by atoms with Crippen LogP contribution in [0.3, 0.4) is 0 Å². The Morgan fingerprint density at radius 1 is 1.38 bits per heavy atom. The highest BCUT2D eigenvalue weighted by molar-refractivity contribution is 7.99. The average molecular weight is 243 g/mol. The van der Waals surface area contributed by atoms with E-state index >= 15 is 0 Å². The Morgan fingerprint density at radius 2 is 2.19 bits per heavy atom. The van der Waals surface area contributed by atoms with E-state index in [9.17, 15) is 8.78 Å². The zero-order chi connectivity index (χ0) is 11.5. The normalized spacial score (nSPS) is 22.3. The van der Waals surface area contributed by atoms with E-state index in [1.165, 1.54) is 12.1 Å². The molecule has 2 rings (SSSR count). The maximum absolute atomic E-state index is 13.0. The van der Waals surface area contributed by atoms with Crippen molar-refractivity contribution in [3.05, 3.63) is 35.4 Å². The molecule has 0 aliphatic carbocycles. The lowest BCUT2D eigenvalue weighted by atomic mass is 9.94. The van der Waals surface area contributed by atoms with Crippen LogP contribution in [0.25, 0.3) is 0 Å². The van der Waals surface area contributed by atoms with Crippen molar-refractivity contribution in [1.82, 2.24) is 0 Å². The Balaban J connectivity index is 1.99. The van der Waals surface area contributed by atoms with Crippen LogP contribution in [0.4, 0.5) is 8.78 Å². The van der Waals surface area contributed by atoms with E-state index in [2.05, 4.69) is 0 Å². The third kappa shape index (κ3) is 2.74. The summed E-state index contributed by atoms with van der Waals surface area (Å²) in [5.74, 6) is 1.18. The van der Waals surface area contributed by atoms with Gasteiger partial charge in [0.2, 0.25) is 0 Å². The number of hydrogen-bond acceptors (Lipinski definition) is 2. The standard InChI is InChI=1S/C12H15F2NS/c13-10-2-1-8(5-11(10)14)6-12(15)9-3-4-16-7-9/h1-2,5,9,12H,3-4,6-7,15H2. The molecule has 2 N–H and O–H groups in total. The summed E-state index contributed by atoms with van der Waals surface area (Å²) in [5, 5.41) is 0. The average Bonchev–Trinajstić information content (AvgIpc) is 2.77. The molecule has 4 heteroatoms. The van der Waals surface area contributed by atoms with Crippen molar-refractivity contribution in [2.75, 3.05) is 11.5 Å². The van der Waals surface area contributed by atoms with Crippen LogP contribution in [0.15, 0.2) is 18.2 Å². The molecule has 1 nitrogen and oxygen atoms in total. The molecule has 0 aromatic heterocycles.